The Bertz CT molecular complexity index is 766. The fraction of sp³-hybridized carbons (Fsp3) is 0.133. The van der Waals surface area contributed by atoms with Crippen LogP contribution in [0.15, 0.2) is 58.5 Å². The molecule has 2 N–H and O–H groups in total. The average Bonchev–Trinajstić information content (AvgIpc) is 2.46. The summed E-state index contributed by atoms with van der Waals surface area (Å²) in [6, 6.07) is 13.1. The van der Waals surface area contributed by atoms with Crippen LogP contribution in [0.3, 0.4) is 0 Å². The van der Waals surface area contributed by atoms with Gasteiger partial charge in [0.15, 0.2) is 0 Å². The molecule has 0 fully saturated rings. The smallest absolute Gasteiger partial charge is 0.276 e. The van der Waals surface area contributed by atoms with Crippen molar-refractivity contribution in [3.05, 3.63) is 59.7 Å². The lowest BCUT2D eigenvalue weighted by Gasteiger charge is -2.06. The fourth-order valence-electron chi connectivity index (χ4n) is 1.74. The Hall–Kier alpha value is -2.34. The molecule has 2 rings (SSSR count). The zero-order valence-corrected chi connectivity index (χ0v) is 12.6. The van der Waals surface area contributed by atoms with Gasteiger partial charge in [0.05, 0.1) is 10.6 Å². The van der Waals surface area contributed by atoms with Crippen molar-refractivity contribution in [1.82, 2.24) is 4.83 Å². The van der Waals surface area contributed by atoms with E-state index in [0.29, 0.717) is 11.3 Å². The molecule has 0 aliphatic carbocycles. The van der Waals surface area contributed by atoms with Crippen LogP contribution in [0.5, 0.6) is 5.75 Å². The molecule has 0 spiro atoms. The normalized spacial score (nSPS) is 12.2. The first-order chi connectivity index (χ1) is 9.90. The molecule has 0 aromatic heterocycles. The minimum Gasteiger partial charge on any atom is -0.507 e. The number of phenols is 1. The predicted octanol–water partition coefficient (Wildman–Crippen LogP) is 2.40. The van der Waals surface area contributed by atoms with Crippen molar-refractivity contribution < 1.29 is 13.5 Å². The van der Waals surface area contributed by atoms with Gasteiger partial charge >= 0.3 is 0 Å². The molecular formula is C15H16N2O3S. The lowest BCUT2D eigenvalue weighted by atomic mass is 10.1. The number of hydrogen-bond acceptors (Lipinski definition) is 4. The SMILES string of the molecule is C/C(=N\NS(=O)(=O)c1ccc(C)cc1)c1ccccc1O. The van der Waals surface area contributed by atoms with Crippen molar-refractivity contribution in [3.8, 4) is 5.75 Å². The van der Waals surface area contributed by atoms with E-state index in [1.807, 2.05) is 6.92 Å². The van der Waals surface area contributed by atoms with Crippen LogP contribution in [0.4, 0.5) is 0 Å². The highest BCUT2D eigenvalue weighted by Gasteiger charge is 2.13. The molecule has 0 aliphatic heterocycles. The average molecular weight is 304 g/mol. The van der Waals surface area contributed by atoms with Gasteiger partial charge in [0.25, 0.3) is 10.0 Å². The second kappa shape index (κ2) is 5.97. The number of hydrazone groups is 1. The molecule has 0 amide bonds. The minimum absolute atomic E-state index is 0.0493. The quantitative estimate of drug-likeness (QED) is 0.672. The van der Waals surface area contributed by atoms with Gasteiger partial charge in [-0.1, -0.05) is 29.8 Å². The van der Waals surface area contributed by atoms with Crippen LogP contribution in [0.25, 0.3) is 0 Å². The molecule has 2 aromatic rings. The van der Waals surface area contributed by atoms with Crippen molar-refractivity contribution >= 4 is 15.7 Å². The largest absolute Gasteiger partial charge is 0.507 e. The molecule has 110 valence electrons. The Morgan fingerprint density at radius 2 is 1.71 bits per heavy atom. The van der Waals surface area contributed by atoms with Crippen molar-refractivity contribution in [2.75, 3.05) is 0 Å². The fourth-order valence-corrected chi connectivity index (χ4v) is 2.60. The van der Waals surface area contributed by atoms with E-state index < -0.39 is 10.0 Å². The summed E-state index contributed by atoms with van der Waals surface area (Å²) in [4.78, 5) is 2.31. The first-order valence-electron chi connectivity index (χ1n) is 6.31. The summed E-state index contributed by atoms with van der Waals surface area (Å²) in [5, 5.41) is 13.5. The molecule has 0 unspecified atom stereocenters. The maximum Gasteiger partial charge on any atom is 0.276 e. The van der Waals surface area contributed by atoms with E-state index in [9.17, 15) is 13.5 Å². The summed E-state index contributed by atoms with van der Waals surface area (Å²) in [6.07, 6.45) is 0. The number of sulfonamides is 1. The van der Waals surface area contributed by atoms with Gasteiger partial charge in [-0.05, 0) is 38.1 Å². The molecule has 5 nitrogen and oxygen atoms in total. The Morgan fingerprint density at radius 3 is 2.33 bits per heavy atom. The summed E-state index contributed by atoms with van der Waals surface area (Å²) in [5.41, 5.74) is 1.83. The number of benzene rings is 2. The lowest BCUT2D eigenvalue weighted by molar-refractivity contribution is 0.474. The highest BCUT2D eigenvalue weighted by molar-refractivity contribution is 7.89. The van der Waals surface area contributed by atoms with Crippen LogP contribution in [0, 0.1) is 6.92 Å². The zero-order valence-electron chi connectivity index (χ0n) is 11.7. The number of phenolic OH excluding ortho intramolecular Hbond substituents is 1. The molecular weight excluding hydrogens is 288 g/mol. The Labute approximate surface area is 124 Å². The molecule has 0 bridgehead atoms. The van der Waals surface area contributed by atoms with Crippen LogP contribution in [0.2, 0.25) is 0 Å². The predicted molar refractivity (Wildman–Crippen MR) is 81.8 cm³/mol. The monoisotopic (exact) mass is 304 g/mol. The zero-order chi connectivity index (χ0) is 15.5. The van der Waals surface area contributed by atoms with Gasteiger partial charge in [-0.15, -0.1) is 0 Å². The van der Waals surface area contributed by atoms with Crippen molar-refractivity contribution in [1.29, 1.82) is 0 Å². The van der Waals surface area contributed by atoms with E-state index in [1.54, 1.807) is 37.3 Å². The summed E-state index contributed by atoms with van der Waals surface area (Å²) in [7, 11) is -3.71. The summed E-state index contributed by atoms with van der Waals surface area (Å²) >= 11 is 0. The van der Waals surface area contributed by atoms with Gasteiger partial charge in [-0.2, -0.15) is 18.4 Å². The number of aromatic hydroxyl groups is 1. The highest BCUT2D eigenvalue weighted by Crippen LogP contribution is 2.16. The van der Waals surface area contributed by atoms with Crippen LogP contribution < -0.4 is 4.83 Å². The topological polar surface area (TPSA) is 78.8 Å². The summed E-state index contributed by atoms with van der Waals surface area (Å²) in [6.45, 7) is 3.50. The van der Waals surface area contributed by atoms with E-state index in [-0.39, 0.29) is 10.6 Å². The van der Waals surface area contributed by atoms with E-state index in [1.165, 1.54) is 18.2 Å². The molecule has 0 heterocycles. The second-order valence-electron chi connectivity index (χ2n) is 4.62. The maximum absolute atomic E-state index is 12.1. The van der Waals surface area contributed by atoms with E-state index in [2.05, 4.69) is 9.93 Å². The van der Waals surface area contributed by atoms with Crippen LogP contribution in [-0.4, -0.2) is 19.2 Å². The molecule has 21 heavy (non-hydrogen) atoms. The van der Waals surface area contributed by atoms with Gasteiger partial charge in [0.2, 0.25) is 0 Å². The lowest BCUT2D eigenvalue weighted by Crippen LogP contribution is -2.20. The van der Waals surface area contributed by atoms with Crippen LogP contribution in [-0.2, 0) is 10.0 Å². The van der Waals surface area contributed by atoms with Crippen LogP contribution in [0.1, 0.15) is 18.1 Å². The third kappa shape index (κ3) is 3.61. The summed E-state index contributed by atoms with van der Waals surface area (Å²) in [5.74, 6) is 0.0493. The third-order valence-corrected chi connectivity index (χ3v) is 4.18. The molecule has 0 radical (unpaired) electrons. The molecule has 0 aliphatic rings. The minimum atomic E-state index is -3.71. The first-order valence-corrected chi connectivity index (χ1v) is 7.79. The number of rotatable bonds is 4. The van der Waals surface area contributed by atoms with Gasteiger partial charge in [-0.3, -0.25) is 0 Å². The van der Waals surface area contributed by atoms with E-state index in [4.69, 9.17) is 0 Å². The maximum atomic E-state index is 12.1. The Balaban J connectivity index is 2.23. The molecule has 0 saturated carbocycles. The number of aryl methyl sites for hydroxylation is 1. The van der Waals surface area contributed by atoms with Crippen molar-refractivity contribution in [2.45, 2.75) is 18.7 Å². The van der Waals surface area contributed by atoms with Crippen molar-refractivity contribution in [3.63, 3.8) is 0 Å². The highest BCUT2D eigenvalue weighted by atomic mass is 32.2. The van der Waals surface area contributed by atoms with Crippen LogP contribution >= 0.6 is 0 Å². The first kappa shape index (κ1) is 15.1. The number of nitrogens with zero attached hydrogens (tertiary/aromatic N) is 1. The molecule has 0 atom stereocenters. The Morgan fingerprint density at radius 1 is 1.10 bits per heavy atom. The number of nitrogens with one attached hydrogen (secondary N) is 1. The molecule has 0 saturated heterocycles. The van der Waals surface area contributed by atoms with E-state index >= 15 is 0 Å². The number of para-hydroxylation sites is 1. The third-order valence-electron chi connectivity index (χ3n) is 2.96. The van der Waals surface area contributed by atoms with Crippen molar-refractivity contribution in [2.24, 2.45) is 5.10 Å². The standard InChI is InChI=1S/C15H16N2O3S/c1-11-7-9-13(10-8-11)21(19,20)17-16-12(2)14-5-3-4-6-15(14)18/h3-10,17-18H,1-2H3/b16-12+. The van der Waals surface area contributed by atoms with Gasteiger partial charge in [0.1, 0.15) is 5.75 Å². The van der Waals surface area contributed by atoms with E-state index in [0.717, 1.165) is 5.56 Å². The van der Waals surface area contributed by atoms with Gasteiger partial charge < -0.3 is 5.11 Å². The number of hydrogen-bond donors (Lipinski definition) is 2. The Kier molecular flexibility index (Phi) is 4.28. The van der Waals surface area contributed by atoms with Gasteiger partial charge in [-0.25, -0.2) is 0 Å². The second-order valence-corrected chi connectivity index (χ2v) is 6.28. The summed E-state index contributed by atoms with van der Waals surface area (Å²) < 4.78 is 24.2. The molecule has 6 heteroatoms. The van der Waals surface area contributed by atoms with Gasteiger partial charge in [0, 0.05) is 5.56 Å². The molecule has 2 aromatic carbocycles.